The van der Waals surface area contributed by atoms with Crippen LogP contribution in [0.2, 0.25) is 0 Å². The molecule has 5 nitrogen and oxygen atoms in total. The van der Waals surface area contributed by atoms with Gasteiger partial charge in [-0.3, -0.25) is 5.21 Å². The van der Waals surface area contributed by atoms with Gasteiger partial charge in [0.25, 0.3) is 0 Å². The monoisotopic (exact) mass is 308 g/mol. The number of rotatable bonds is 4. The van der Waals surface area contributed by atoms with E-state index < -0.39 is 17.7 Å². The number of carbonyl (C=O) groups excluding carboxylic acids is 1. The summed E-state index contributed by atoms with van der Waals surface area (Å²) in [4.78, 5) is 10.8. The van der Waals surface area contributed by atoms with E-state index in [-0.39, 0.29) is 23.9 Å². The molecule has 0 radical (unpaired) electrons. The number of primary amides is 1. The van der Waals surface area contributed by atoms with Crippen molar-refractivity contribution < 1.29 is 23.2 Å². The predicted molar refractivity (Wildman–Crippen MR) is 73.0 cm³/mol. The van der Waals surface area contributed by atoms with Gasteiger partial charge in [0.2, 0.25) is 0 Å². The van der Waals surface area contributed by atoms with Crippen molar-refractivity contribution in [3.05, 3.63) is 47.7 Å². The highest BCUT2D eigenvalue weighted by atomic mass is 19.1. The van der Waals surface area contributed by atoms with Crippen molar-refractivity contribution in [2.75, 3.05) is 6.54 Å². The zero-order valence-electron chi connectivity index (χ0n) is 11.5. The summed E-state index contributed by atoms with van der Waals surface area (Å²) in [6.45, 7) is 0.126. The number of hydrogen-bond donors (Lipinski definition) is 2. The topological polar surface area (TPSA) is 79.7 Å². The first-order valence-corrected chi connectivity index (χ1v) is 6.76. The second-order valence-corrected chi connectivity index (χ2v) is 5.35. The molecule has 0 bridgehead atoms. The Kier molecular flexibility index (Phi) is 3.58. The first-order valence-electron chi connectivity index (χ1n) is 6.76. The third-order valence-corrected chi connectivity index (χ3v) is 3.77. The Bertz CT molecular complexity index is 717. The van der Waals surface area contributed by atoms with Crippen LogP contribution in [0, 0.1) is 17.6 Å². The summed E-state index contributed by atoms with van der Waals surface area (Å²) in [6.07, 6.45) is 0.739. The van der Waals surface area contributed by atoms with Gasteiger partial charge >= 0.3 is 6.03 Å². The minimum Gasteiger partial charge on any atom is -0.461 e. The minimum absolute atomic E-state index is 0.0475. The molecule has 2 amide bonds. The van der Waals surface area contributed by atoms with Crippen molar-refractivity contribution in [2.45, 2.75) is 12.3 Å². The minimum atomic E-state index is -0.904. The summed E-state index contributed by atoms with van der Waals surface area (Å²) >= 11 is 0. The maximum absolute atomic E-state index is 13.7. The molecule has 1 saturated carbocycles. The summed E-state index contributed by atoms with van der Waals surface area (Å²) in [5, 5.41) is 9.76. The SMILES string of the molecule is NC(=O)N(O)CC1CC1c1ccc(-c2ccc(F)cc2F)o1. The number of carbonyl (C=O) groups is 1. The van der Waals surface area contributed by atoms with Crippen LogP contribution < -0.4 is 5.73 Å². The molecular weight excluding hydrogens is 294 g/mol. The second-order valence-electron chi connectivity index (χ2n) is 5.35. The normalized spacial score (nSPS) is 20.0. The highest BCUT2D eigenvalue weighted by molar-refractivity contribution is 5.70. The molecular formula is C15H14F2N2O3. The van der Waals surface area contributed by atoms with Crippen molar-refractivity contribution in [2.24, 2.45) is 11.7 Å². The summed E-state index contributed by atoms with van der Waals surface area (Å²) in [5.41, 5.74) is 5.13. The quantitative estimate of drug-likeness (QED) is 0.673. The summed E-state index contributed by atoms with van der Waals surface area (Å²) < 4.78 is 32.2. The van der Waals surface area contributed by atoms with Gasteiger partial charge in [0.1, 0.15) is 23.2 Å². The van der Waals surface area contributed by atoms with Crippen LogP contribution in [0.1, 0.15) is 18.1 Å². The number of benzene rings is 1. The molecule has 3 rings (SSSR count). The molecule has 22 heavy (non-hydrogen) atoms. The third kappa shape index (κ3) is 2.80. The van der Waals surface area contributed by atoms with E-state index in [0.717, 1.165) is 18.6 Å². The Balaban J connectivity index is 1.71. The van der Waals surface area contributed by atoms with E-state index in [2.05, 4.69) is 0 Å². The lowest BCUT2D eigenvalue weighted by Gasteiger charge is -2.10. The van der Waals surface area contributed by atoms with E-state index in [1.165, 1.54) is 6.07 Å². The predicted octanol–water partition coefficient (Wildman–Crippen LogP) is 3.10. The molecule has 1 aliphatic carbocycles. The van der Waals surface area contributed by atoms with E-state index in [9.17, 15) is 18.8 Å². The van der Waals surface area contributed by atoms with Gasteiger partial charge in [-0.1, -0.05) is 0 Å². The first kappa shape index (κ1) is 14.5. The standard InChI is InChI=1S/C15H14F2N2O3/c16-9-1-2-10(12(17)6-9)13-3-4-14(22-13)11-5-8(11)7-19(21)15(18)20/h1-4,6,8,11,21H,5,7H2,(H2,18,20). The fraction of sp³-hybridized carbons (Fsp3) is 0.267. The number of hydrogen-bond acceptors (Lipinski definition) is 3. The van der Waals surface area contributed by atoms with Gasteiger partial charge in [0.05, 0.1) is 12.1 Å². The first-order chi connectivity index (χ1) is 10.5. The van der Waals surface area contributed by atoms with Gasteiger partial charge < -0.3 is 10.2 Å². The van der Waals surface area contributed by atoms with Crippen LogP contribution in [0.15, 0.2) is 34.7 Å². The van der Waals surface area contributed by atoms with Crippen LogP contribution in [0.3, 0.4) is 0 Å². The number of nitrogens with zero attached hydrogens (tertiary/aromatic N) is 1. The molecule has 0 spiro atoms. The molecule has 1 fully saturated rings. The molecule has 2 unspecified atom stereocenters. The molecule has 0 saturated heterocycles. The Labute approximate surface area is 124 Å². The molecule has 2 atom stereocenters. The lowest BCUT2D eigenvalue weighted by molar-refractivity contribution is -0.0432. The molecule has 1 aromatic heterocycles. The fourth-order valence-corrected chi connectivity index (χ4v) is 2.50. The highest BCUT2D eigenvalue weighted by Crippen LogP contribution is 2.48. The van der Waals surface area contributed by atoms with E-state index >= 15 is 0 Å². The van der Waals surface area contributed by atoms with E-state index in [1.54, 1.807) is 12.1 Å². The summed E-state index contributed by atoms with van der Waals surface area (Å²) in [5.74, 6) is -0.287. The van der Waals surface area contributed by atoms with Crippen molar-refractivity contribution in [3.8, 4) is 11.3 Å². The van der Waals surface area contributed by atoms with Crippen LogP contribution >= 0.6 is 0 Å². The summed E-state index contributed by atoms with van der Waals surface area (Å²) in [7, 11) is 0. The molecule has 0 aliphatic heterocycles. The lowest BCUT2D eigenvalue weighted by atomic mass is 10.1. The molecule has 3 N–H and O–H groups in total. The Morgan fingerprint density at radius 2 is 2.14 bits per heavy atom. The Morgan fingerprint density at radius 3 is 2.82 bits per heavy atom. The van der Waals surface area contributed by atoms with Gasteiger partial charge in [-0.15, -0.1) is 0 Å². The maximum atomic E-state index is 13.7. The molecule has 1 aromatic carbocycles. The second kappa shape index (κ2) is 5.42. The maximum Gasteiger partial charge on any atom is 0.338 e. The van der Waals surface area contributed by atoms with Crippen LogP contribution in [0.5, 0.6) is 0 Å². The van der Waals surface area contributed by atoms with Crippen molar-refractivity contribution in [3.63, 3.8) is 0 Å². The van der Waals surface area contributed by atoms with Crippen molar-refractivity contribution in [1.82, 2.24) is 5.06 Å². The van der Waals surface area contributed by atoms with Gasteiger partial charge in [-0.25, -0.2) is 18.6 Å². The van der Waals surface area contributed by atoms with Crippen molar-refractivity contribution in [1.29, 1.82) is 0 Å². The van der Waals surface area contributed by atoms with Crippen LogP contribution in [-0.2, 0) is 0 Å². The summed E-state index contributed by atoms with van der Waals surface area (Å²) in [6, 6.07) is 5.71. The van der Waals surface area contributed by atoms with E-state index in [1.807, 2.05) is 0 Å². The van der Waals surface area contributed by atoms with Gasteiger partial charge in [-0.05, 0) is 36.6 Å². The smallest absolute Gasteiger partial charge is 0.338 e. The number of urea groups is 1. The number of furan rings is 1. The van der Waals surface area contributed by atoms with Crippen molar-refractivity contribution >= 4 is 6.03 Å². The zero-order chi connectivity index (χ0) is 15.9. The van der Waals surface area contributed by atoms with Crippen LogP contribution in [0.4, 0.5) is 13.6 Å². The number of halogens is 2. The Hall–Kier alpha value is -2.41. The van der Waals surface area contributed by atoms with Gasteiger partial charge in [0, 0.05) is 12.0 Å². The molecule has 2 aromatic rings. The average Bonchev–Trinajstić information content (AvgIpc) is 3.04. The van der Waals surface area contributed by atoms with E-state index in [0.29, 0.717) is 16.6 Å². The van der Waals surface area contributed by atoms with E-state index in [4.69, 9.17) is 10.2 Å². The van der Waals surface area contributed by atoms with Gasteiger partial charge in [-0.2, -0.15) is 0 Å². The molecule has 116 valence electrons. The highest BCUT2D eigenvalue weighted by Gasteiger charge is 2.42. The van der Waals surface area contributed by atoms with Gasteiger partial charge in [0.15, 0.2) is 0 Å². The molecule has 1 aliphatic rings. The largest absolute Gasteiger partial charge is 0.461 e. The third-order valence-electron chi connectivity index (χ3n) is 3.77. The number of amides is 2. The van der Waals surface area contributed by atoms with Crippen LogP contribution in [-0.4, -0.2) is 22.8 Å². The van der Waals surface area contributed by atoms with Crippen LogP contribution in [0.25, 0.3) is 11.3 Å². The molecule has 7 heteroatoms. The average molecular weight is 308 g/mol. The molecule has 1 heterocycles. The fourth-order valence-electron chi connectivity index (χ4n) is 2.50. The zero-order valence-corrected chi connectivity index (χ0v) is 11.5. The number of hydroxylamine groups is 2. The number of nitrogens with two attached hydrogens (primary N) is 1. The Morgan fingerprint density at radius 1 is 1.36 bits per heavy atom. The lowest BCUT2D eigenvalue weighted by Crippen LogP contribution is -2.34.